The summed E-state index contributed by atoms with van der Waals surface area (Å²) >= 11 is 0. The van der Waals surface area contributed by atoms with Crippen molar-refractivity contribution < 1.29 is 4.79 Å². The van der Waals surface area contributed by atoms with Crippen LogP contribution in [0, 0.1) is 11.8 Å². The maximum absolute atomic E-state index is 11.5. The molecule has 3 unspecified atom stereocenters. The molecule has 1 saturated carbocycles. The number of tetrazole rings is 1. The second-order valence-electron chi connectivity index (χ2n) is 3.82. The molecule has 14 heavy (non-hydrogen) atoms. The number of nitrogens with one attached hydrogen (secondary N) is 2. The standard InChI is InChI=1S/C8H13N5O/c1-4-3-6(4)8(14)9-5(2)7-10-12-13-11-7/h4-6H,3H2,1-2H3,(H,9,14)(H,10,11,12,13). The molecule has 1 heterocycles. The van der Waals surface area contributed by atoms with Gasteiger partial charge in [-0.25, -0.2) is 0 Å². The van der Waals surface area contributed by atoms with Gasteiger partial charge in [0.1, 0.15) is 0 Å². The summed E-state index contributed by atoms with van der Waals surface area (Å²) in [6.45, 7) is 3.92. The molecule has 0 radical (unpaired) electrons. The van der Waals surface area contributed by atoms with E-state index in [0.29, 0.717) is 11.7 Å². The maximum atomic E-state index is 11.5. The molecule has 3 atom stereocenters. The lowest BCUT2D eigenvalue weighted by Crippen LogP contribution is -2.29. The summed E-state index contributed by atoms with van der Waals surface area (Å²) in [6.07, 6.45) is 0.991. The SMILES string of the molecule is CC(NC(=O)C1CC1C)c1nn[nH]n1. The monoisotopic (exact) mass is 195 g/mol. The Morgan fingerprint density at radius 1 is 1.71 bits per heavy atom. The van der Waals surface area contributed by atoms with Gasteiger partial charge in [-0.2, -0.15) is 5.21 Å². The van der Waals surface area contributed by atoms with E-state index in [1.165, 1.54) is 0 Å². The van der Waals surface area contributed by atoms with Gasteiger partial charge in [0.15, 0.2) is 5.82 Å². The highest BCUT2D eigenvalue weighted by atomic mass is 16.2. The van der Waals surface area contributed by atoms with Crippen LogP contribution in [-0.4, -0.2) is 26.5 Å². The first-order chi connectivity index (χ1) is 6.68. The van der Waals surface area contributed by atoms with Gasteiger partial charge in [0, 0.05) is 5.92 Å². The molecule has 1 aromatic heterocycles. The number of rotatable bonds is 3. The number of amides is 1. The number of hydrogen-bond donors (Lipinski definition) is 2. The van der Waals surface area contributed by atoms with Crippen LogP contribution in [0.1, 0.15) is 32.1 Å². The van der Waals surface area contributed by atoms with E-state index in [1.54, 1.807) is 0 Å². The van der Waals surface area contributed by atoms with Crippen molar-refractivity contribution in [2.24, 2.45) is 11.8 Å². The van der Waals surface area contributed by atoms with Crippen LogP contribution in [0.5, 0.6) is 0 Å². The van der Waals surface area contributed by atoms with E-state index in [4.69, 9.17) is 0 Å². The second kappa shape index (κ2) is 3.36. The van der Waals surface area contributed by atoms with E-state index in [0.717, 1.165) is 6.42 Å². The zero-order valence-electron chi connectivity index (χ0n) is 8.19. The highest BCUT2D eigenvalue weighted by Crippen LogP contribution is 2.37. The van der Waals surface area contributed by atoms with Gasteiger partial charge < -0.3 is 5.32 Å². The predicted octanol–water partition coefficient (Wildman–Crippen LogP) is 0.0329. The fourth-order valence-electron chi connectivity index (χ4n) is 1.43. The van der Waals surface area contributed by atoms with Crippen LogP contribution in [0.3, 0.4) is 0 Å². The third-order valence-electron chi connectivity index (χ3n) is 2.55. The van der Waals surface area contributed by atoms with Crippen molar-refractivity contribution in [1.29, 1.82) is 0 Å². The molecule has 6 heteroatoms. The number of nitrogens with zero attached hydrogens (tertiary/aromatic N) is 3. The Balaban J connectivity index is 1.88. The Hall–Kier alpha value is -1.46. The predicted molar refractivity (Wildman–Crippen MR) is 48.0 cm³/mol. The summed E-state index contributed by atoms with van der Waals surface area (Å²) in [4.78, 5) is 11.5. The molecule has 0 aromatic carbocycles. The van der Waals surface area contributed by atoms with E-state index < -0.39 is 0 Å². The number of carbonyl (C=O) groups is 1. The van der Waals surface area contributed by atoms with Gasteiger partial charge >= 0.3 is 0 Å². The normalized spacial score (nSPS) is 27.0. The second-order valence-corrected chi connectivity index (χ2v) is 3.82. The van der Waals surface area contributed by atoms with Crippen LogP contribution in [0.15, 0.2) is 0 Å². The lowest BCUT2D eigenvalue weighted by molar-refractivity contribution is -0.123. The minimum atomic E-state index is -0.172. The average Bonchev–Trinajstić information content (AvgIpc) is 2.70. The minimum absolute atomic E-state index is 0.0924. The van der Waals surface area contributed by atoms with E-state index in [2.05, 4.69) is 32.9 Å². The average molecular weight is 195 g/mol. The first-order valence-corrected chi connectivity index (χ1v) is 4.72. The third kappa shape index (κ3) is 1.73. The smallest absolute Gasteiger partial charge is 0.223 e. The third-order valence-corrected chi connectivity index (χ3v) is 2.55. The molecule has 0 spiro atoms. The molecule has 0 aliphatic heterocycles. The molecular formula is C8H13N5O. The van der Waals surface area contributed by atoms with Crippen LogP contribution in [-0.2, 0) is 4.79 Å². The van der Waals surface area contributed by atoms with E-state index >= 15 is 0 Å². The molecule has 0 saturated heterocycles. The minimum Gasteiger partial charge on any atom is -0.346 e. The van der Waals surface area contributed by atoms with Gasteiger partial charge in [-0.1, -0.05) is 12.1 Å². The lowest BCUT2D eigenvalue weighted by atomic mass is 10.2. The summed E-state index contributed by atoms with van der Waals surface area (Å²) in [7, 11) is 0. The summed E-state index contributed by atoms with van der Waals surface area (Å²) in [5.74, 6) is 1.32. The molecule has 0 bridgehead atoms. The van der Waals surface area contributed by atoms with E-state index in [-0.39, 0.29) is 17.9 Å². The highest BCUT2D eigenvalue weighted by molar-refractivity contribution is 5.81. The van der Waals surface area contributed by atoms with E-state index in [9.17, 15) is 4.79 Å². The molecule has 2 rings (SSSR count). The van der Waals surface area contributed by atoms with Crippen molar-refractivity contribution in [2.75, 3.05) is 0 Å². The lowest BCUT2D eigenvalue weighted by Gasteiger charge is -2.08. The van der Waals surface area contributed by atoms with Gasteiger partial charge in [-0.05, 0) is 19.3 Å². The summed E-state index contributed by atoms with van der Waals surface area (Å²) < 4.78 is 0. The Morgan fingerprint density at radius 3 is 2.93 bits per heavy atom. The van der Waals surface area contributed by atoms with Crippen molar-refractivity contribution >= 4 is 5.91 Å². The Morgan fingerprint density at radius 2 is 2.43 bits per heavy atom. The number of carbonyl (C=O) groups excluding carboxylic acids is 1. The topological polar surface area (TPSA) is 83.6 Å². The Labute approximate surface area is 81.5 Å². The molecule has 1 fully saturated rings. The van der Waals surface area contributed by atoms with Crippen LogP contribution in [0.2, 0.25) is 0 Å². The molecule has 1 aliphatic rings. The molecule has 6 nitrogen and oxygen atoms in total. The summed E-state index contributed by atoms with van der Waals surface area (Å²) in [6, 6.07) is -0.172. The number of hydrogen-bond acceptors (Lipinski definition) is 4. The molecule has 1 amide bonds. The van der Waals surface area contributed by atoms with Gasteiger partial charge in [0.2, 0.25) is 5.91 Å². The highest BCUT2D eigenvalue weighted by Gasteiger charge is 2.39. The van der Waals surface area contributed by atoms with Crippen LogP contribution in [0.25, 0.3) is 0 Å². The van der Waals surface area contributed by atoms with Crippen molar-refractivity contribution in [3.8, 4) is 0 Å². The number of H-pyrrole nitrogens is 1. The van der Waals surface area contributed by atoms with Crippen molar-refractivity contribution in [1.82, 2.24) is 25.9 Å². The fraction of sp³-hybridized carbons (Fsp3) is 0.750. The van der Waals surface area contributed by atoms with Gasteiger partial charge in [0.05, 0.1) is 6.04 Å². The molecule has 2 N–H and O–H groups in total. The van der Waals surface area contributed by atoms with Gasteiger partial charge in [-0.3, -0.25) is 4.79 Å². The molecule has 1 aromatic rings. The van der Waals surface area contributed by atoms with Gasteiger partial charge in [0.25, 0.3) is 0 Å². The van der Waals surface area contributed by atoms with Crippen molar-refractivity contribution in [3.05, 3.63) is 5.82 Å². The molecular weight excluding hydrogens is 182 g/mol. The first-order valence-electron chi connectivity index (χ1n) is 4.72. The van der Waals surface area contributed by atoms with Crippen LogP contribution >= 0.6 is 0 Å². The first kappa shape index (κ1) is 9.11. The summed E-state index contributed by atoms with van der Waals surface area (Å²) in [5, 5.41) is 16.3. The van der Waals surface area contributed by atoms with Crippen molar-refractivity contribution in [3.63, 3.8) is 0 Å². The van der Waals surface area contributed by atoms with E-state index in [1.807, 2.05) is 6.92 Å². The Kier molecular flexibility index (Phi) is 2.18. The van der Waals surface area contributed by atoms with Crippen molar-refractivity contribution in [2.45, 2.75) is 26.3 Å². The Bertz CT molecular complexity index is 322. The largest absolute Gasteiger partial charge is 0.346 e. The molecule has 1 aliphatic carbocycles. The number of aromatic amines is 1. The molecule has 76 valence electrons. The summed E-state index contributed by atoms with van der Waals surface area (Å²) in [5.41, 5.74) is 0. The van der Waals surface area contributed by atoms with Crippen LogP contribution < -0.4 is 5.32 Å². The number of aromatic nitrogens is 4. The maximum Gasteiger partial charge on any atom is 0.223 e. The quantitative estimate of drug-likeness (QED) is 0.712. The van der Waals surface area contributed by atoms with Crippen LogP contribution in [0.4, 0.5) is 0 Å². The zero-order chi connectivity index (χ0) is 10.1. The fourth-order valence-corrected chi connectivity index (χ4v) is 1.43. The zero-order valence-corrected chi connectivity index (χ0v) is 8.19. The van der Waals surface area contributed by atoms with Gasteiger partial charge in [-0.15, -0.1) is 10.2 Å².